The second-order valence-electron chi connectivity index (χ2n) is 10.1. The van der Waals surface area contributed by atoms with Gasteiger partial charge in [-0.05, 0) is 35.4 Å². The fourth-order valence-corrected chi connectivity index (χ4v) is 6.17. The van der Waals surface area contributed by atoms with E-state index in [1.807, 2.05) is 97.3 Å². The molecule has 0 aliphatic heterocycles. The number of benzene rings is 4. The van der Waals surface area contributed by atoms with Crippen molar-refractivity contribution in [2.45, 2.75) is 23.7 Å². The molecule has 0 unspecified atom stereocenters. The van der Waals surface area contributed by atoms with Gasteiger partial charge in [0.2, 0.25) is 0 Å². The molecule has 0 radical (unpaired) electrons. The molecular formula is C34H24Cl2N2O2. The maximum Gasteiger partial charge on any atom is 0.199 e. The Labute approximate surface area is 242 Å². The zero-order valence-corrected chi connectivity index (χ0v) is 22.8. The molecule has 0 amide bonds. The SMILES string of the molecule is Clc1ccc(C2C(c3ncc(-c4ccccc4)o3)C(c3ccc(Cl)cc3)C2c2ncc(-c3ccccc3)o2)cc1. The predicted molar refractivity (Wildman–Crippen MR) is 158 cm³/mol. The van der Waals surface area contributed by atoms with Crippen LogP contribution in [0.4, 0.5) is 0 Å². The van der Waals surface area contributed by atoms with Crippen molar-refractivity contribution in [3.05, 3.63) is 155 Å². The van der Waals surface area contributed by atoms with E-state index in [-0.39, 0.29) is 23.7 Å². The van der Waals surface area contributed by atoms with Gasteiger partial charge in [0.1, 0.15) is 0 Å². The third kappa shape index (κ3) is 4.53. The van der Waals surface area contributed by atoms with Crippen molar-refractivity contribution in [2.75, 3.05) is 0 Å². The standard InChI is InChI=1S/C34H24Cl2N2O2/c35-25-15-11-23(12-16-25)29-31(33-37-19-27(39-33)21-7-3-1-4-8-21)30(24-13-17-26(36)18-14-24)32(29)34-38-20-28(40-34)22-9-5-2-6-10-22/h1-20,29-32H. The number of halogens is 2. The second-order valence-corrected chi connectivity index (χ2v) is 10.9. The van der Waals surface area contributed by atoms with Gasteiger partial charge in [0, 0.05) is 33.0 Å². The first-order chi connectivity index (χ1) is 19.7. The molecule has 4 aromatic carbocycles. The van der Waals surface area contributed by atoms with Gasteiger partial charge in [-0.15, -0.1) is 0 Å². The number of aromatic nitrogens is 2. The van der Waals surface area contributed by atoms with Gasteiger partial charge in [-0.25, -0.2) is 9.97 Å². The van der Waals surface area contributed by atoms with Crippen LogP contribution in [0.2, 0.25) is 10.0 Å². The number of hydrogen-bond acceptors (Lipinski definition) is 4. The Morgan fingerprint density at radius 2 is 0.825 bits per heavy atom. The maximum absolute atomic E-state index is 6.47. The molecule has 1 aliphatic carbocycles. The number of oxazole rings is 2. The second kappa shape index (κ2) is 10.5. The zero-order chi connectivity index (χ0) is 27.1. The van der Waals surface area contributed by atoms with E-state index < -0.39 is 0 Å². The van der Waals surface area contributed by atoms with Crippen LogP contribution in [0.25, 0.3) is 22.6 Å². The summed E-state index contributed by atoms with van der Waals surface area (Å²) in [4.78, 5) is 9.62. The summed E-state index contributed by atoms with van der Waals surface area (Å²) in [7, 11) is 0. The van der Waals surface area contributed by atoms with Gasteiger partial charge in [0.05, 0.1) is 24.2 Å². The van der Waals surface area contributed by atoms with Gasteiger partial charge >= 0.3 is 0 Å². The van der Waals surface area contributed by atoms with Crippen molar-refractivity contribution >= 4 is 23.2 Å². The van der Waals surface area contributed by atoms with E-state index in [2.05, 4.69) is 24.3 Å². The largest absolute Gasteiger partial charge is 0.440 e. The summed E-state index contributed by atoms with van der Waals surface area (Å²) >= 11 is 12.6. The van der Waals surface area contributed by atoms with Crippen LogP contribution in [-0.4, -0.2) is 9.97 Å². The fourth-order valence-electron chi connectivity index (χ4n) is 5.92. The van der Waals surface area contributed by atoms with Gasteiger partial charge < -0.3 is 8.83 Å². The lowest BCUT2D eigenvalue weighted by atomic mass is 9.52. The lowest BCUT2D eigenvalue weighted by Crippen LogP contribution is -2.40. The average molecular weight is 563 g/mol. The van der Waals surface area contributed by atoms with E-state index in [1.165, 1.54) is 0 Å². The Kier molecular flexibility index (Phi) is 6.51. The summed E-state index contributed by atoms with van der Waals surface area (Å²) in [6, 6.07) is 36.1. The molecule has 0 spiro atoms. The van der Waals surface area contributed by atoms with Crippen LogP contribution in [0.15, 0.2) is 130 Å². The van der Waals surface area contributed by atoms with Crippen LogP contribution in [-0.2, 0) is 0 Å². The Hall–Kier alpha value is -4.12. The summed E-state index contributed by atoms with van der Waals surface area (Å²) < 4.78 is 12.9. The van der Waals surface area contributed by atoms with Crippen LogP contribution >= 0.6 is 23.2 Å². The molecular weight excluding hydrogens is 539 g/mol. The first kappa shape index (κ1) is 24.9. The molecule has 4 nitrogen and oxygen atoms in total. The van der Waals surface area contributed by atoms with Crippen molar-refractivity contribution in [3.63, 3.8) is 0 Å². The summed E-state index contributed by atoms with van der Waals surface area (Å²) in [5.41, 5.74) is 4.24. The fraction of sp³-hybridized carbons (Fsp3) is 0.118. The van der Waals surface area contributed by atoms with E-state index in [9.17, 15) is 0 Å². The molecule has 2 aromatic heterocycles. The van der Waals surface area contributed by atoms with Crippen molar-refractivity contribution in [1.82, 2.24) is 9.97 Å². The first-order valence-electron chi connectivity index (χ1n) is 13.2. The minimum atomic E-state index is -0.0584. The molecule has 0 N–H and O–H groups in total. The van der Waals surface area contributed by atoms with Crippen LogP contribution < -0.4 is 0 Å². The molecule has 40 heavy (non-hydrogen) atoms. The summed E-state index contributed by atoms with van der Waals surface area (Å²) in [5, 5.41) is 1.38. The van der Waals surface area contributed by atoms with E-state index in [0.717, 1.165) is 33.8 Å². The predicted octanol–water partition coefficient (Wildman–Crippen LogP) is 9.75. The van der Waals surface area contributed by atoms with E-state index in [0.29, 0.717) is 21.8 Å². The first-order valence-corrected chi connectivity index (χ1v) is 13.9. The smallest absolute Gasteiger partial charge is 0.199 e. The molecule has 6 aromatic rings. The van der Waals surface area contributed by atoms with E-state index in [1.54, 1.807) is 0 Å². The quantitative estimate of drug-likeness (QED) is 0.202. The van der Waals surface area contributed by atoms with Gasteiger partial charge in [-0.3, -0.25) is 0 Å². The average Bonchev–Trinajstić information content (AvgIpc) is 3.67. The minimum absolute atomic E-state index is 0.00231. The van der Waals surface area contributed by atoms with Crippen molar-refractivity contribution in [2.24, 2.45) is 0 Å². The van der Waals surface area contributed by atoms with E-state index in [4.69, 9.17) is 42.0 Å². The molecule has 0 atom stereocenters. The Morgan fingerprint density at radius 3 is 1.20 bits per heavy atom. The Balaban J connectivity index is 1.36. The van der Waals surface area contributed by atoms with Gasteiger partial charge in [-0.2, -0.15) is 0 Å². The topological polar surface area (TPSA) is 52.1 Å². The van der Waals surface area contributed by atoms with Crippen LogP contribution in [0.5, 0.6) is 0 Å². The molecule has 6 heteroatoms. The normalized spacial score (nSPS) is 20.2. The maximum atomic E-state index is 6.47. The molecule has 1 saturated carbocycles. The third-order valence-corrected chi connectivity index (χ3v) is 8.30. The monoisotopic (exact) mass is 562 g/mol. The summed E-state index contributed by atoms with van der Waals surface area (Å²) in [6.07, 6.45) is 3.63. The summed E-state index contributed by atoms with van der Waals surface area (Å²) in [5.74, 6) is 2.74. The lowest BCUT2D eigenvalue weighted by Gasteiger charge is -2.49. The molecule has 7 rings (SSSR count). The minimum Gasteiger partial charge on any atom is -0.440 e. The molecule has 0 bridgehead atoms. The van der Waals surface area contributed by atoms with Crippen molar-refractivity contribution < 1.29 is 8.83 Å². The van der Waals surface area contributed by atoms with Crippen LogP contribution in [0.3, 0.4) is 0 Å². The highest BCUT2D eigenvalue weighted by Gasteiger charge is 2.57. The number of hydrogen-bond donors (Lipinski definition) is 0. The number of nitrogens with zero attached hydrogens (tertiary/aromatic N) is 2. The lowest BCUT2D eigenvalue weighted by molar-refractivity contribution is 0.169. The number of rotatable bonds is 6. The summed E-state index contributed by atoms with van der Waals surface area (Å²) in [6.45, 7) is 0. The zero-order valence-electron chi connectivity index (χ0n) is 21.3. The van der Waals surface area contributed by atoms with E-state index >= 15 is 0 Å². The molecule has 0 saturated heterocycles. The Bertz CT molecular complexity index is 1590. The Morgan fingerprint density at radius 1 is 0.450 bits per heavy atom. The third-order valence-electron chi connectivity index (χ3n) is 7.79. The molecule has 1 aliphatic rings. The highest BCUT2D eigenvalue weighted by atomic mass is 35.5. The van der Waals surface area contributed by atoms with Gasteiger partial charge in [-0.1, -0.05) is 108 Å². The van der Waals surface area contributed by atoms with Crippen LogP contribution in [0, 0.1) is 0 Å². The van der Waals surface area contributed by atoms with Gasteiger partial charge in [0.15, 0.2) is 23.3 Å². The van der Waals surface area contributed by atoms with Crippen molar-refractivity contribution in [3.8, 4) is 22.6 Å². The highest BCUT2D eigenvalue weighted by Crippen LogP contribution is 2.66. The highest BCUT2D eigenvalue weighted by molar-refractivity contribution is 6.30. The van der Waals surface area contributed by atoms with Crippen LogP contribution in [0.1, 0.15) is 46.6 Å². The molecule has 1 fully saturated rings. The van der Waals surface area contributed by atoms with Crippen molar-refractivity contribution in [1.29, 1.82) is 0 Å². The molecule has 2 heterocycles. The van der Waals surface area contributed by atoms with Gasteiger partial charge in [0.25, 0.3) is 0 Å². The molecule has 196 valence electrons.